The number of H-pyrrole nitrogens is 1. The third-order valence-corrected chi connectivity index (χ3v) is 3.52. The molecular formula is C16H22N2O2. The van der Waals surface area contributed by atoms with Gasteiger partial charge in [-0.05, 0) is 18.1 Å². The first kappa shape index (κ1) is 14.6. The number of carbonyl (C=O) groups is 1. The molecule has 0 bridgehead atoms. The van der Waals surface area contributed by atoms with Gasteiger partial charge in [0.15, 0.2) is 0 Å². The molecule has 0 unspecified atom stereocenters. The molecule has 0 aliphatic carbocycles. The lowest BCUT2D eigenvalue weighted by Gasteiger charge is -2.21. The lowest BCUT2D eigenvalue weighted by atomic mass is 10.1. The number of nitrogens with zero attached hydrogens (tertiary/aromatic N) is 1. The topological polar surface area (TPSA) is 56.3 Å². The highest BCUT2D eigenvalue weighted by Crippen LogP contribution is 2.18. The van der Waals surface area contributed by atoms with E-state index in [0.29, 0.717) is 13.0 Å². The van der Waals surface area contributed by atoms with Gasteiger partial charge in [0, 0.05) is 30.2 Å². The van der Waals surface area contributed by atoms with E-state index in [4.69, 9.17) is 5.11 Å². The maximum absolute atomic E-state index is 12.4. The molecule has 0 fully saturated rings. The molecule has 1 aromatic heterocycles. The molecule has 0 spiro atoms. The maximum Gasteiger partial charge on any atom is 0.227 e. The van der Waals surface area contributed by atoms with Crippen molar-refractivity contribution in [3.8, 4) is 0 Å². The number of aliphatic hydroxyl groups is 1. The number of hydrogen-bond donors (Lipinski definition) is 2. The van der Waals surface area contributed by atoms with Crippen molar-refractivity contribution in [3.63, 3.8) is 0 Å². The smallest absolute Gasteiger partial charge is 0.227 e. The van der Waals surface area contributed by atoms with Crippen molar-refractivity contribution in [2.45, 2.75) is 26.2 Å². The SMILES string of the molecule is CCCCN(CCO)C(=O)Cc1c[nH]c2ccccc12. The molecule has 0 saturated carbocycles. The first-order chi connectivity index (χ1) is 9.76. The van der Waals surface area contributed by atoms with Gasteiger partial charge in [0.1, 0.15) is 0 Å². The highest BCUT2D eigenvalue weighted by Gasteiger charge is 2.15. The summed E-state index contributed by atoms with van der Waals surface area (Å²) in [5, 5.41) is 10.2. The van der Waals surface area contributed by atoms with E-state index in [2.05, 4.69) is 11.9 Å². The van der Waals surface area contributed by atoms with E-state index < -0.39 is 0 Å². The Labute approximate surface area is 119 Å². The molecule has 1 aromatic carbocycles. The van der Waals surface area contributed by atoms with Crippen LogP contribution < -0.4 is 0 Å². The lowest BCUT2D eigenvalue weighted by Crippen LogP contribution is -2.35. The average molecular weight is 274 g/mol. The van der Waals surface area contributed by atoms with Crippen LogP contribution in [0.15, 0.2) is 30.5 Å². The Hall–Kier alpha value is -1.81. The van der Waals surface area contributed by atoms with E-state index in [9.17, 15) is 4.79 Å². The van der Waals surface area contributed by atoms with Crippen molar-refractivity contribution in [1.29, 1.82) is 0 Å². The number of aromatic nitrogens is 1. The minimum Gasteiger partial charge on any atom is -0.395 e. The molecule has 0 aliphatic heterocycles. The summed E-state index contributed by atoms with van der Waals surface area (Å²) >= 11 is 0. The van der Waals surface area contributed by atoms with Crippen molar-refractivity contribution in [3.05, 3.63) is 36.0 Å². The van der Waals surface area contributed by atoms with Crippen molar-refractivity contribution < 1.29 is 9.90 Å². The standard InChI is InChI=1S/C16H22N2O2/c1-2-3-8-18(9-10-19)16(20)11-13-12-17-15-7-5-4-6-14(13)15/h4-7,12,17,19H,2-3,8-11H2,1H3. The van der Waals surface area contributed by atoms with Gasteiger partial charge in [-0.2, -0.15) is 0 Å². The Morgan fingerprint density at radius 3 is 2.85 bits per heavy atom. The van der Waals surface area contributed by atoms with Gasteiger partial charge in [-0.1, -0.05) is 31.5 Å². The fraction of sp³-hybridized carbons (Fsp3) is 0.438. The van der Waals surface area contributed by atoms with Crippen molar-refractivity contribution in [1.82, 2.24) is 9.88 Å². The van der Waals surface area contributed by atoms with Gasteiger partial charge in [0.05, 0.1) is 13.0 Å². The van der Waals surface area contributed by atoms with Crippen molar-refractivity contribution in [2.24, 2.45) is 0 Å². The number of rotatable bonds is 7. The second kappa shape index (κ2) is 7.10. The zero-order valence-electron chi connectivity index (χ0n) is 11.9. The summed E-state index contributed by atoms with van der Waals surface area (Å²) in [7, 11) is 0. The number of hydrogen-bond acceptors (Lipinski definition) is 2. The number of nitrogens with one attached hydrogen (secondary N) is 1. The Morgan fingerprint density at radius 2 is 2.10 bits per heavy atom. The predicted molar refractivity (Wildman–Crippen MR) is 80.6 cm³/mol. The number of benzene rings is 1. The van der Waals surface area contributed by atoms with Crippen LogP contribution in [-0.4, -0.2) is 40.6 Å². The Kier molecular flexibility index (Phi) is 5.18. The number of aliphatic hydroxyl groups excluding tert-OH is 1. The maximum atomic E-state index is 12.4. The lowest BCUT2D eigenvalue weighted by molar-refractivity contribution is -0.131. The molecule has 2 aromatic rings. The monoisotopic (exact) mass is 274 g/mol. The molecular weight excluding hydrogens is 252 g/mol. The van der Waals surface area contributed by atoms with Crippen LogP contribution >= 0.6 is 0 Å². The number of aromatic amines is 1. The second-order valence-corrected chi connectivity index (χ2v) is 4.99. The molecule has 0 saturated heterocycles. The summed E-state index contributed by atoms with van der Waals surface area (Å²) in [6.45, 7) is 3.25. The number of unbranched alkanes of at least 4 members (excludes halogenated alkanes) is 1. The van der Waals surface area contributed by atoms with E-state index in [-0.39, 0.29) is 12.5 Å². The first-order valence-electron chi connectivity index (χ1n) is 7.20. The van der Waals surface area contributed by atoms with Crippen LogP contribution in [0.5, 0.6) is 0 Å². The van der Waals surface area contributed by atoms with Gasteiger partial charge in [0.25, 0.3) is 0 Å². The van der Waals surface area contributed by atoms with E-state index in [1.807, 2.05) is 30.5 Å². The molecule has 4 heteroatoms. The average Bonchev–Trinajstić information content (AvgIpc) is 2.87. The Bertz CT molecular complexity index is 562. The van der Waals surface area contributed by atoms with Crippen LogP contribution in [0, 0.1) is 0 Å². The van der Waals surface area contributed by atoms with Crippen molar-refractivity contribution >= 4 is 16.8 Å². The van der Waals surface area contributed by atoms with Crippen LogP contribution in [0.2, 0.25) is 0 Å². The molecule has 2 N–H and O–H groups in total. The Balaban J connectivity index is 2.08. The van der Waals surface area contributed by atoms with E-state index in [1.165, 1.54) is 0 Å². The van der Waals surface area contributed by atoms with E-state index >= 15 is 0 Å². The third kappa shape index (κ3) is 3.39. The molecule has 108 valence electrons. The molecule has 1 heterocycles. The summed E-state index contributed by atoms with van der Waals surface area (Å²) in [6, 6.07) is 7.99. The van der Waals surface area contributed by atoms with Gasteiger partial charge in [-0.25, -0.2) is 0 Å². The minimum atomic E-state index is 0.0172. The minimum absolute atomic E-state index is 0.0172. The van der Waals surface area contributed by atoms with Gasteiger partial charge in [0.2, 0.25) is 5.91 Å². The largest absolute Gasteiger partial charge is 0.395 e. The highest BCUT2D eigenvalue weighted by atomic mass is 16.3. The van der Waals surface area contributed by atoms with Gasteiger partial charge in [-0.3, -0.25) is 4.79 Å². The summed E-state index contributed by atoms with van der Waals surface area (Å²) in [5.74, 6) is 0.0808. The first-order valence-corrected chi connectivity index (χ1v) is 7.20. The normalized spacial score (nSPS) is 10.9. The molecule has 20 heavy (non-hydrogen) atoms. The Morgan fingerprint density at radius 1 is 1.30 bits per heavy atom. The van der Waals surface area contributed by atoms with Gasteiger partial charge < -0.3 is 15.0 Å². The summed E-state index contributed by atoms with van der Waals surface area (Å²) in [4.78, 5) is 17.3. The molecule has 4 nitrogen and oxygen atoms in total. The third-order valence-electron chi connectivity index (χ3n) is 3.52. The van der Waals surface area contributed by atoms with E-state index in [1.54, 1.807) is 4.90 Å². The molecule has 1 amide bonds. The molecule has 0 aliphatic rings. The van der Waals surface area contributed by atoms with Crippen LogP contribution in [0.25, 0.3) is 10.9 Å². The van der Waals surface area contributed by atoms with Gasteiger partial charge >= 0.3 is 0 Å². The second-order valence-electron chi connectivity index (χ2n) is 4.99. The zero-order valence-corrected chi connectivity index (χ0v) is 11.9. The highest BCUT2D eigenvalue weighted by molar-refractivity contribution is 5.88. The van der Waals surface area contributed by atoms with Crippen molar-refractivity contribution in [2.75, 3.05) is 19.7 Å². The number of amides is 1. The van der Waals surface area contributed by atoms with Crippen LogP contribution in [0.1, 0.15) is 25.3 Å². The van der Waals surface area contributed by atoms with E-state index in [0.717, 1.165) is 35.9 Å². The molecule has 0 atom stereocenters. The fourth-order valence-corrected chi connectivity index (χ4v) is 2.38. The number of carbonyl (C=O) groups excluding carboxylic acids is 1. The van der Waals surface area contributed by atoms with Crippen LogP contribution in [0.4, 0.5) is 0 Å². The van der Waals surface area contributed by atoms with Crippen LogP contribution in [-0.2, 0) is 11.2 Å². The zero-order chi connectivity index (χ0) is 14.4. The van der Waals surface area contributed by atoms with Gasteiger partial charge in [-0.15, -0.1) is 0 Å². The summed E-state index contributed by atoms with van der Waals surface area (Å²) in [6.07, 6.45) is 4.30. The fourth-order valence-electron chi connectivity index (χ4n) is 2.38. The predicted octanol–water partition coefficient (Wildman–Crippen LogP) is 2.33. The summed E-state index contributed by atoms with van der Waals surface area (Å²) < 4.78 is 0. The quantitative estimate of drug-likeness (QED) is 0.814. The number of para-hydroxylation sites is 1. The number of fused-ring (bicyclic) bond motifs is 1. The van der Waals surface area contributed by atoms with Crippen LogP contribution in [0.3, 0.4) is 0 Å². The molecule has 0 radical (unpaired) electrons. The molecule has 2 rings (SSSR count). The summed E-state index contributed by atoms with van der Waals surface area (Å²) in [5.41, 5.74) is 2.07.